The Morgan fingerprint density at radius 1 is 0.955 bits per heavy atom. The van der Waals surface area contributed by atoms with E-state index in [1.165, 1.54) is 34.8 Å². The fourth-order valence-corrected chi connectivity index (χ4v) is 7.02. The van der Waals surface area contributed by atoms with E-state index in [0.29, 0.717) is 54.8 Å². The van der Waals surface area contributed by atoms with Crippen molar-refractivity contribution in [2.24, 2.45) is 0 Å². The Labute approximate surface area is 253 Å². The summed E-state index contributed by atoms with van der Waals surface area (Å²) in [4.78, 5) is 28.2. The number of benzene rings is 3. The molecule has 1 amide bonds. The summed E-state index contributed by atoms with van der Waals surface area (Å²) in [5, 5.41) is 13.6. The molecule has 1 fully saturated rings. The number of sulfonamides is 1. The lowest BCUT2D eigenvalue weighted by Crippen LogP contribution is -2.49. The van der Waals surface area contributed by atoms with Crippen molar-refractivity contribution >= 4 is 44.2 Å². The number of carboxylic acid groups (broad SMARTS) is 1. The number of fused-ring (bicyclic) bond motifs is 1. The zero-order chi connectivity index (χ0) is 30.8. The van der Waals surface area contributed by atoms with E-state index in [1.807, 2.05) is 42.5 Å². The fourth-order valence-electron chi connectivity index (χ4n) is 5.51. The average Bonchev–Trinajstić information content (AvgIpc) is 3.70. The number of carbonyl (C=O) groups is 2. The SMILES string of the molecule is Cc1c(C(=O)O)oc2ccc(S(=O)(=O)N(CCc3ccccc3)c3ccccc3N3CCN(C(=O)c4ccno4)CC3)cc12. The number of para-hydroxylation sites is 2. The first-order valence-electron chi connectivity index (χ1n) is 14.1. The van der Waals surface area contributed by atoms with E-state index < -0.39 is 16.0 Å². The van der Waals surface area contributed by atoms with E-state index in [4.69, 9.17) is 8.94 Å². The molecule has 0 saturated carbocycles. The number of piperazine rings is 1. The lowest BCUT2D eigenvalue weighted by molar-refractivity contribution is 0.0662. The second kappa shape index (κ2) is 11.9. The Morgan fingerprint density at radius 3 is 2.39 bits per heavy atom. The van der Waals surface area contributed by atoms with Crippen molar-refractivity contribution in [2.45, 2.75) is 18.2 Å². The molecule has 0 spiro atoms. The Bertz CT molecular complexity index is 1910. The standard InChI is InChI=1S/C32H30N4O7S/c1-22-25-21-24(11-12-28(25)42-30(22)32(38)39)44(40,41)36(16-14-23-7-3-2-4-8-23)27-10-6-5-9-26(27)34-17-19-35(20-18-34)31(37)29-13-15-33-43-29/h2-13,15,21H,14,16-20H2,1H3,(H,38,39). The van der Waals surface area contributed by atoms with Crippen LogP contribution in [0.3, 0.4) is 0 Å². The van der Waals surface area contributed by atoms with Crippen LogP contribution in [0.15, 0.2) is 98.9 Å². The van der Waals surface area contributed by atoms with Crippen molar-refractivity contribution in [3.8, 4) is 0 Å². The normalized spacial score (nSPS) is 13.8. The minimum atomic E-state index is -4.12. The Hall–Kier alpha value is -5.10. The third-order valence-corrected chi connectivity index (χ3v) is 9.65. The van der Waals surface area contributed by atoms with E-state index in [0.717, 1.165) is 11.3 Å². The highest BCUT2D eigenvalue weighted by Crippen LogP contribution is 2.36. The number of amides is 1. The molecular formula is C32H30N4O7S. The minimum absolute atomic E-state index is 0.0242. The molecule has 12 heteroatoms. The van der Waals surface area contributed by atoms with Crippen molar-refractivity contribution in [1.82, 2.24) is 10.1 Å². The average molecular weight is 615 g/mol. The fraction of sp³-hybridized carbons (Fsp3) is 0.219. The van der Waals surface area contributed by atoms with Crippen LogP contribution < -0.4 is 9.21 Å². The van der Waals surface area contributed by atoms with E-state index in [9.17, 15) is 23.1 Å². The van der Waals surface area contributed by atoms with E-state index >= 15 is 0 Å². The summed E-state index contributed by atoms with van der Waals surface area (Å²) in [7, 11) is -4.12. The topological polar surface area (TPSA) is 137 Å². The van der Waals surface area contributed by atoms with E-state index in [2.05, 4.69) is 10.1 Å². The second-order valence-corrected chi connectivity index (χ2v) is 12.3. The van der Waals surface area contributed by atoms with Crippen molar-refractivity contribution in [1.29, 1.82) is 0 Å². The summed E-state index contributed by atoms with van der Waals surface area (Å²) >= 11 is 0. The zero-order valence-electron chi connectivity index (χ0n) is 23.9. The van der Waals surface area contributed by atoms with Gasteiger partial charge in [0.25, 0.3) is 15.9 Å². The molecule has 0 aliphatic carbocycles. The third-order valence-electron chi connectivity index (χ3n) is 7.84. The summed E-state index contributed by atoms with van der Waals surface area (Å²) in [6.07, 6.45) is 1.89. The van der Waals surface area contributed by atoms with Gasteiger partial charge in [-0.1, -0.05) is 47.6 Å². The molecule has 1 saturated heterocycles. The monoisotopic (exact) mass is 614 g/mol. The number of rotatable bonds is 9. The first kappa shape index (κ1) is 29.0. The van der Waals surface area contributed by atoms with Crippen molar-refractivity contribution < 1.29 is 32.1 Å². The first-order valence-corrected chi connectivity index (χ1v) is 15.5. The number of carbonyl (C=O) groups excluding carboxylic acids is 1. The minimum Gasteiger partial charge on any atom is -0.475 e. The van der Waals surface area contributed by atoms with Crippen LogP contribution in [0.5, 0.6) is 0 Å². The van der Waals surface area contributed by atoms with Gasteiger partial charge in [-0.05, 0) is 49.2 Å². The van der Waals surface area contributed by atoms with Gasteiger partial charge in [-0.2, -0.15) is 0 Å². The molecule has 0 radical (unpaired) electrons. The van der Waals surface area contributed by atoms with Gasteiger partial charge in [0.2, 0.25) is 11.5 Å². The molecule has 1 aliphatic rings. The molecule has 0 unspecified atom stereocenters. The van der Waals surface area contributed by atoms with E-state index in [1.54, 1.807) is 24.0 Å². The van der Waals surface area contributed by atoms with Crippen LogP contribution in [0.4, 0.5) is 11.4 Å². The maximum absolute atomic E-state index is 14.4. The first-order chi connectivity index (χ1) is 21.2. The highest BCUT2D eigenvalue weighted by Gasteiger charge is 2.31. The third kappa shape index (κ3) is 5.51. The summed E-state index contributed by atoms with van der Waals surface area (Å²) < 4.78 is 40.8. The number of nitrogens with zero attached hydrogens (tertiary/aromatic N) is 4. The highest BCUT2D eigenvalue weighted by atomic mass is 32.2. The second-order valence-electron chi connectivity index (χ2n) is 10.5. The number of aryl methyl sites for hydroxylation is 1. The zero-order valence-corrected chi connectivity index (χ0v) is 24.7. The predicted molar refractivity (Wildman–Crippen MR) is 164 cm³/mol. The van der Waals surface area contributed by atoms with Crippen molar-refractivity contribution in [3.63, 3.8) is 0 Å². The smallest absolute Gasteiger partial charge is 0.372 e. The predicted octanol–water partition coefficient (Wildman–Crippen LogP) is 4.83. The van der Waals surface area contributed by atoms with Gasteiger partial charge in [0, 0.05) is 49.7 Å². The molecule has 3 heterocycles. The number of hydrogen-bond donors (Lipinski definition) is 1. The van der Waals surface area contributed by atoms with Crippen LogP contribution in [-0.4, -0.2) is 68.2 Å². The van der Waals surface area contributed by atoms with Gasteiger partial charge in [-0.15, -0.1) is 0 Å². The number of carboxylic acids is 1. The quantitative estimate of drug-likeness (QED) is 0.248. The number of aromatic nitrogens is 1. The Kier molecular flexibility index (Phi) is 7.83. The van der Waals surface area contributed by atoms with Gasteiger partial charge < -0.3 is 23.8 Å². The molecule has 6 rings (SSSR count). The Balaban J connectivity index is 1.35. The van der Waals surface area contributed by atoms with E-state index in [-0.39, 0.29) is 28.9 Å². The number of hydrogen-bond acceptors (Lipinski definition) is 8. The maximum atomic E-state index is 14.4. The largest absolute Gasteiger partial charge is 0.475 e. The molecule has 11 nitrogen and oxygen atoms in total. The van der Waals surface area contributed by atoms with Crippen molar-refractivity contribution in [2.75, 3.05) is 41.9 Å². The Morgan fingerprint density at radius 2 is 1.68 bits per heavy atom. The molecule has 1 N–H and O–H groups in total. The van der Waals surface area contributed by atoms with Gasteiger partial charge in [-0.25, -0.2) is 13.2 Å². The number of furan rings is 1. The molecule has 0 bridgehead atoms. The molecule has 0 atom stereocenters. The van der Waals surface area contributed by atoms with Gasteiger partial charge in [0.05, 0.1) is 22.5 Å². The highest BCUT2D eigenvalue weighted by molar-refractivity contribution is 7.92. The van der Waals surface area contributed by atoms with Crippen LogP contribution in [0.25, 0.3) is 11.0 Å². The number of aromatic carboxylic acids is 1. The maximum Gasteiger partial charge on any atom is 0.372 e. The molecule has 226 valence electrons. The molecule has 44 heavy (non-hydrogen) atoms. The van der Waals surface area contributed by atoms with Crippen LogP contribution in [0, 0.1) is 6.92 Å². The molecule has 1 aliphatic heterocycles. The van der Waals surface area contributed by atoms with Crippen LogP contribution in [-0.2, 0) is 16.4 Å². The van der Waals surface area contributed by atoms with Crippen LogP contribution >= 0.6 is 0 Å². The lowest BCUT2D eigenvalue weighted by atomic mass is 10.1. The van der Waals surface area contributed by atoms with Crippen molar-refractivity contribution in [3.05, 3.63) is 108 Å². The summed E-state index contributed by atoms with van der Waals surface area (Å²) in [6.45, 7) is 3.58. The molecular weight excluding hydrogens is 584 g/mol. The van der Waals surface area contributed by atoms with Gasteiger partial charge in [-0.3, -0.25) is 9.10 Å². The summed E-state index contributed by atoms with van der Waals surface area (Å²) in [6, 6.07) is 22.9. The van der Waals surface area contributed by atoms with Gasteiger partial charge in [0.1, 0.15) is 5.58 Å². The molecule has 5 aromatic rings. The molecule has 3 aromatic carbocycles. The lowest BCUT2D eigenvalue weighted by Gasteiger charge is -2.38. The van der Waals surface area contributed by atoms with Gasteiger partial charge in [0.15, 0.2) is 0 Å². The molecule has 2 aromatic heterocycles. The van der Waals surface area contributed by atoms with Crippen LogP contribution in [0.1, 0.15) is 32.2 Å². The number of anilines is 2. The summed E-state index contributed by atoms with van der Waals surface area (Å²) in [5.74, 6) is -1.50. The summed E-state index contributed by atoms with van der Waals surface area (Å²) in [5.41, 5.74) is 2.88. The van der Waals surface area contributed by atoms with Gasteiger partial charge >= 0.3 is 5.97 Å². The van der Waals surface area contributed by atoms with Crippen LogP contribution in [0.2, 0.25) is 0 Å².